The molecular weight excluding hydrogens is 140 g/mol. The Kier molecular flexibility index (Phi) is 2.65. The zero-order chi connectivity index (χ0) is 8.27. The Morgan fingerprint density at radius 1 is 1.73 bits per heavy atom. The number of hydrogen-bond acceptors (Lipinski definition) is 2. The quantitative estimate of drug-likeness (QED) is 0.545. The molecule has 0 aromatic rings. The highest BCUT2D eigenvalue weighted by Crippen LogP contribution is 2.06. The van der Waals surface area contributed by atoms with Crippen LogP contribution in [-0.4, -0.2) is 30.4 Å². The van der Waals surface area contributed by atoms with Gasteiger partial charge in [-0.3, -0.25) is 4.79 Å². The van der Waals surface area contributed by atoms with Crippen molar-refractivity contribution in [2.45, 2.75) is 13.8 Å². The van der Waals surface area contributed by atoms with E-state index < -0.39 is 0 Å². The molecular formula is C8H14N2O. The fourth-order valence-corrected chi connectivity index (χ4v) is 1.26. The van der Waals surface area contributed by atoms with E-state index in [1.165, 1.54) is 0 Å². The van der Waals surface area contributed by atoms with Gasteiger partial charge in [0.25, 0.3) is 0 Å². The van der Waals surface area contributed by atoms with E-state index in [2.05, 4.69) is 5.32 Å². The molecule has 1 aliphatic rings. The molecule has 11 heavy (non-hydrogen) atoms. The maximum Gasteiger partial charge on any atom is 0.223 e. The van der Waals surface area contributed by atoms with Crippen LogP contribution in [0, 0.1) is 0 Å². The van der Waals surface area contributed by atoms with Crippen molar-refractivity contribution in [2.75, 3.05) is 19.6 Å². The average molecular weight is 154 g/mol. The summed E-state index contributed by atoms with van der Waals surface area (Å²) in [5, 5.41) is 3.21. The molecule has 0 radical (unpaired) electrons. The van der Waals surface area contributed by atoms with E-state index in [1.807, 2.05) is 17.9 Å². The van der Waals surface area contributed by atoms with Crippen molar-refractivity contribution in [3.05, 3.63) is 11.8 Å². The van der Waals surface area contributed by atoms with Gasteiger partial charge >= 0.3 is 0 Å². The van der Waals surface area contributed by atoms with Gasteiger partial charge in [-0.1, -0.05) is 6.08 Å². The summed E-state index contributed by atoms with van der Waals surface area (Å²) in [5.41, 5.74) is 1.09. The average Bonchev–Trinajstić information content (AvgIpc) is 2.04. The zero-order valence-electron chi connectivity index (χ0n) is 7.05. The van der Waals surface area contributed by atoms with Crippen LogP contribution in [0.25, 0.3) is 0 Å². The minimum absolute atomic E-state index is 0.139. The second-order valence-electron chi connectivity index (χ2n) is 2.63. The molecule has 1 rings (SSSR count). The third-order valence-corrected chi connectivity index (χ3v) is 1.88. The normalized spacial score (nSPS) is 22.4. The number of hydrogen-bond donors (Lipinski definition) is 1. The predicted octanol–water partition coefficient (Wildman–Crippen LogP) is 0.342. The van der Waals surface area contributed by atoms with Crippen molar-refractivity contribution >= 4 is 5.91 Å². The van der Waals surface area contributed by atoms with Gasteiger partial charge in [0.1, 0.15) is 0 Å². The van der Waals surface area contributed by atoms with E-state index in [0.717, 1.165) is 25.3 Å². The van der Waals surface area contributed by atoms with Crippen molar-refractivity contribution in [3.63, 3.8) is 0 Å². The molecule has 1 saturated heterocycles. The molecule has 1 N–H and O–H groups in total. The summed E-state index contributed by atoms with van der Waals surface area (Å²) in [6, 6.07) is 0. The van der Waals surface area contributed by atoms with E-state index in [-0.39, 0.29) is 5.91 Å². The zero-order valence-corrected chi connectivity index (χ0v) is 7.05. The van der Waals surface area contributed by atoms with Gasteiger partial charge in [-0.2, -0.15) is 0 Å². The van der Waals surface area contributed by atoms with Crippen molar-refractivity contribution < 1.29 is 4.79 Å². The summed E-state index contributed by atoms with van der Waals surface area (Å²) in [6.45, 7) is 6.08. The van der Waals surface area contributed by atoms with Crippen LogP contribution in [0.3, 0.4) is 0 Å². The summed E-state index contributed by atoms with van der Waals surface area (Å²) in [7, 11) is 0. The lowest BCUT2D eigenvalue weighted by Gasteiger charge is -2.29. The lowest BCUT2D eigenvalue weighted by atomic mass is 10.2. The molecule has 1 aliphatic heterocycles. The molecule has 3 heteroatoms. The number of carbonyl (C=O) groups is 1. The summed E-state index contributed by atoms with van der Waals surface area (Å²) in [4.78, 5) is 12.8. The number of piperazine rings is 1. The summed E-state index contributed by atoms with van der Waals surface area (Å²) < 4.78 is 0. The number of amides is 1. The minimum Gasteiger partial charge on any atom is -0.314 e. The molecule has 62 valence electrons. The van der Waals surface area contributed by atoms with Gasteiger partial charge in [0.15, 0.2) is 0 Å². The van der Waals surface area contributed by atoms with Crippen molar-refractivity contribution in [1.29, 1.82) is 0 Å². The lowest BCUT2D eigenvalue weighted by molar-refractivity contribution is -0.127. The first-order chi connectivity index (χ1) is 5.25. The van der Waals surface area contributed by atoms with E-state index in [0.29, 0.717) is 0 Å². The molecule has 0 aliphatic carbocycles. The first-order valence-electron chi connectivity index (χ1n) is 3.89. The maximum absolute atomic E-state index is 11.0. The van der Waals surface area contributed by atoms with Crippen LogP contribution in [-0.2, 0) is 4.79 Å². The SMILES string of the molecule is CC=C1CNCCN1C(C)=O. The van der Waals surface area contributed by atoms with Crippen LogP contribution in [0.4, 0.5) is 0 Å². The van der Waals surface area contributed by atoms with Gasteiger partial charge < -0.3 is 10.2 Å². The fraction of sp³-hybridized carbons (Fsp3) is 0.625. The summed E-state index contributed by atoms with van der Waals surface area (Å²) in [5.74, 6) is 0.139. The second-order valence-corrected chi connectivity index (χ2v) is 2.63. The Bertz CT molecular complexity index is 187. The topological polar surface area (TPSA) is 32.3 Å². The number of nitrogens with zero attached hydrogens (tertiary/aromatic N) is 1. The van der Waals surface area contributed by atoms with Crippen molar-refractivity contribution in [2.24, 2.45) is 0 Å². The molecule has 0 aromatic heterocycles. The van der Waals surface area contributed by atoms with Gasteiger partial charge in [-0.05, 0) is 6.92 Å². The third kappa shape index (κ3) is 1.80. The van der Waals surface area contributed by atoms with Crippen LogP contribution < -0.4 is 5.32 Å². The van der Waals surface area contributed by atoms with E-state index in [9.17, 15) is 4.79 Å². The highest BCUT2D eigenvalue weighted by atomic mass is 16.2. The Hall–Kier alpha value is -0.830. The molecule has 1 amide bonds. The van der Waals surface area contributed by atoms with Crippen LogP contribution in [0.5, 0.6) is 0 Å². The Balaban J connectivity index is 2.67. The van der Waals surface area contributed by atoms with Gasteiger partial charge in [-0.25, -0.2) is 0 Å². The third-order valence-electron chi connectivity index (χ3n) is 1.88. The second kappa shape index (κ2) is 3.53. The highest BCUT2D eigenvalue weighted by Gasteiger charge is 2.16. The Morgan fingerprint density at radius 2 is 2.45 bits per heavy atom. The predicted molar refractivity (Wildman–Crippen MR) is 44.0 cm³/mol. The summed E-state index contributed by atoms with van der Waals surface area (Å²) >= 11 is 0. The Morgan fingerprint density at radius 3 is 2.91 bits per heavy atom. The van der Waals surface area contributed by atoms with Crippen molar-refractivity contribution in [1.82, 2.24) is 10.2 Å². The lowest BCUT2D eigenvalue weighted by Crippen LogP contribution is -2.43. The number of carbonyl (C=O) groups excluding carboxylic acids is 1. The number of rotatable bonds is 0. The first kappa shape index (κ1) is 8.27. The highest BCUT2D eigenvalue weighted by molar-refractivity contribution is 5.75. The number of allylic oxidation sites excluding steroid dienone is 1. The fourth-order valence-electron chi connectivity index (χ4n) is 1.26. The largest absolute Gasteiger partial charge is 0.314 e. The molecule has 0 spiro atoms. The van der Waals surface area contributed by atoms with E-state index in [4.69, 9.17) is 0 Å². The summed E-state index contributed by atoms with van der Waals surface area (Å²) in [6.07, 6.45) is 1.98. The first-order valence-corrected chi connectivity index (χ1v) is 3.89. The molecule has 0 saturated carbocycles. The van der Waals surface area contributed by atoms with Crippen LogP contribution in [0.1, 0.15) is 13.8 Å². The maximum atomic E-state index is 11.0. The van der Waals surface area contributed by atoms with E-state index in [1.54, 1.807) is 6.92 Å². The molecule has 0 aromatic carbocycles. The van der Waals surface area contributed by atoms with Gasteiger partial charge in [0.05, 0.1) is 0 Å². The van der Waals surface area contributed by atoms with Crippen LogP contribution in [0.2, 0.25) is 0 Å². The molecule has 0 unspecified atom stereocenters. The monoisotopic (exact) mass is 154 g/mol. The molecule has 3 nitrogen and oxygen atoms in total. The minimum atomic E-state index is 0.139. The van der Waals surface area contributed by atoms with Gasteiger partial charge in [-0.15, -0.1) is 0 Å². The van der Waals surface area contributed by atoms with E-state index >= 15 is 0 Å². The molecule has 1 fully saturated rings. The number of nitrogens with one attached hydrogen (secondary N) is 1. The van der Waals surface area contributed by atoms with Crippen LogP contribution in [0.15, 0.2) is 11.8 Å². The molecule has 0 bridgehead atoms. The van der Waals surface area contributed by atoms with Crippen LogP contribution >= 0.6 is 0 Å². The van der Waals surface area contributed by atoms with Crippen molar-refractivity contribution in [3.8, 4) is 0 Å². The molecule has 1 heterocycles. The van der Waals surface area contributed by atoms with Gasteiger partial charge in [0.2, 0.25) is 5.91 Å². The van der Waals surface area contributed by atoms with Gasteiger partial charge in [0, 0.05) is 32.3 Å². The molecule has 0 atom stereocenters. The smallest absolute Gasteiger partial charge is 0.223 e. The Labute approximate surface area is 67.1 Å². The standard InChI is InChI=1S/C8H14N2O/c1-3-8-6-9-4-5-10(8)7(2)11/h3,9H,4-6H2,1-2H3.